The second-order valence-corrected chi connectivity index (χ2v) is 5.37. The van der Waals surface area contributed by atoms with Gasteiger partial charge in [-0.25, -0.2) is 0 Å². The molecule has 0 radical (unpaired) electrons. The summed E-state index contributed by atoms with van der Waals surface area (Å²) in [6.45, 7) is 5.58. The quantitative estimate of drug-likeness (QED) is 0.503. The molecular weight excluding hydrogens is 276 g/mol. The molecule has 0 unspecified atom stereocenters. The van der Waals surface area contributed by atoms with Gasteiger partial charge >= 0.3 is 0 Å². The molecule has 0 saturated carbocycles. The molecule has 6 nitrogen and oxygen atoms in total. The van der Waals surface area contributed by atoms with Gasteiger partial charge in [0.15, 0.2) is 0 Å². The van der Waals surface area contributed by atoms with Gasteiger partial charge in [-0.15, -0.1) is 10.2 Å². The van der Waals surface area contributed by atoms with Crippen LogP contribution in [0.4, 0.5) is 5.69 Å². The minimum Gasteiger partial charge on any atom is -0.317 e. The van der Waals surface area contributed by atoms with Gasteiger partial charge in [0.05, 0.1) is 4.92 Å². The van der Waals surface area contributed by atoms with Crippen molar-refractivity contribution in [1.82, 2.24) is 15.5 Å². The Morgan fingerprint density at radius 2 is 2.20 bits per heavy atom. The molecule has 1 N–H and O–H groups in total. The molecule has 1 aromatic heterocycles. The lowest BCUT2D eigenvalue weighted by molar-refractivity contribution is -0.385. The van der Waals surface area contributed by atoms with Gasteiger partial charge in [-0.2, -0.15) is 0 Å². The maximum atomic E-state index is 10.9. The molecule has 20 heavy (non-hydrogen) atoms. The van der Waals surface area contributed by atoms with Crippen molar-refractivity contribution < 1.29 is 4.92 Å². The fourth-order valence-electron chi connectivity index (χ4n) is 1.89. The molecule has 106 valence electrons. The van der Waals surface area contributed by atoms with Crippen LogP contribution in [-0.4, -0.2) is 28.2 Å². The Balaban J connectivity index is 2.24. The molecule has 0 amide bonds. The van der Waals surface area contributed by atoms with E-state index in [0.29, 0.717) is 5.56 Å². The molecule has 0 aliphatic rings. The zero-order chi connectivity index (χ0) is 14.5. The lowest BCUT2D eigenvalue weighted by Gasteiger charge is -2.01. The summed E-state index contributed by atoms with van der Waals surface area (Å²) in [5.41, 5.74) is 1.53. The first-order valence-electron chi connectivity index (χ1n) is 6.41. The van der Waals surface area contributed by atoms with Crippen molar-refractivity contribution >= 4 is 17.0 Å². The summed E-state index contributed by atoms with van der Waals surface area (Å²) in [6.07, 6.45) is 0.819. The van der Waals surface area contributed by atoms with E-state index >= 15 is 0 Å². The van der Waals surface area contributed by atoms with E-state index in [1.807, 2.05) is 6.07 Å². The maximum absolute atomic E-state index is 10.9. The van der Waals surface area contributed by atoms with Crippen LogP contribution in [0.3, 0.4) is 0 Å². The summed E-state index contributed by atoms with van der Waals surface area (Å²) in [5, 5.41) is 24.1. The van der Waals surface area contributed by atoms with Crippen molar-refractivity contribution in [2.45, 2.75) is 20.3 Å². The Morgan fingerprint density at radius 1 is 1.40 bits per heavy atom. The topological polar surface area (TPSA) is 81.0 Å². The summed E-state index contributed by atoms with van der Waals surface area (Å²) in [7, 11) is 0. The smallest absolute Gasteiger partial charge is 0.273 e. The molecule has 0 atom stereocenters. The molecule has 1 heterocycles. The molecule has 0 fully saturated rings. The summed E-state index contributed by atoms with van der Waals surface area (Å²) in [6, 6.07) is 5.03. The zero-order valence-electron chi connectivity index (χ0n) is 11.4. The van der Waals surface area contributed by atoms with E-state index in [1.54, 1.807) is 13.0 Å². The number of nitrogens with one attached hydrogen (secondary N) is 1. The Labute approximate surface area is 121 Å². The molecule has 0 aliphatic heterocycles. The van der Waals surface area contributed by atoms with E-state index in [4.69, 9.17) is 0 Å². The zero-order valence-corrected chi connectivity index (χ0v) is 12.2. The number of nitro benzene ring substituents is 1. The predicted octanol–water partition coefficient (Wildman–Crippen LogP) is 2.57. The number of benzene rings is 1. The Kier molecular flexibility index (Phi) is 4.75. The highest BCUT2D eigenvalue weighted by Crippen LogP contribution is 2.31. The molecule has 2 rings (SSSR count). The van der Waals surface area contributed by atoms with E-state index in [0.717, 1.165) is 35.1 Å². The third-order valence-corrected chi connectivity index (χ3v) is 3.98. The fraction of sp³-hybridized carbons (Fsp3) is 0.385. The second-order valence-electron chi connectivity index (χ2n) is 4.31. The van der Waals surface area contributed by atoms with Crippen LogP contribution in [0.5, 0.6) is 0 Å². The average Bonchev–Trinajstić information content (AvgIpc) is 2.87. The van der Waals surface area contributed by atoms with E-state index in [2.05, 4.69) is 22.4 Å². The van der Waals surface area contributed by atoms with E-state index < -0.39 is 0 Å². The molecule has 0 spiro atoms. The fourth-order valence-corrected chi connectivity index (χ4v) is 2.81. The van der Waals surface area contributed by atoms with Crippen LogP contribution in [0, 0.1) is 17.0 Å². The van der Waals surface area contributed by atoms with Crippen LogP contribution in [0.2, 0.25) is 0 Å². The van der Waals surface area contributed by atoms with Crippen molar-refractivity contribution in [3.8, 4) is 10.6 Å². The van der Waals surface area contributed by atoms with Gasteiger partial charge in [-0.1, -0.05) is 30.4 Å². The minimum atomic E-state index is -0.369. The predicted molar refractivity (Wildman–Crippen MR) is 79.0 cm³/mol. The second kappa shape index (κ2) is 6.53. The Hall–Kier alpha value is -1.86. The molecule has 1 aromatic carbocycles. The molecule has 0 saturated heterocycles. The van der Waals surface area contributed by atoms with Gasteiger partial charge < -0.3 is 5.32 Å². The summed E-state index contributed by atoms with van der Waals surface area (Å²) in [5.74, 6) is 0. The number of hydrogen-bond acceptors (Lipinski definition) is 6. The van der Waals surface area contributed by atoms with Crippen LogP contribution in [-0.2, 0) is 6.42 Å². The highest BCUT2D eigenvalue weighted by Gasteiger charge is 2.16. The van der Waals surface area contributed by atoms with Gasteiger partial charge in [0.1, 0.15) is 10.0 Å². The average molecular weight is 292 g/mol. The SMILES string of the molecule is CCNCCc1nnc(-c2cccc([N+](=O)[O-])c2C)s1. The van der Waals surface area contributed by atoms with Crippen LogP contribution in [0.15, 0.2) is 18.2 Å². The number of nitrogens with zero attached hydrogens (tertiary/aromatic N) is 3. The van der Waals surface area contributed by atoms with Gasteiger partial charge in [0, 0.05) is 30.2 Å². The van der Waals surface area contributed by atoms with Gasteiger partial charge in [-0.3, -0.25) is 10.1 Å². The summed E-state index contributed by atoms with van der Waals surface area (Å²) in [4.78, 5) is 10.6. The third kappa shape index (κ3) is 3.17. The minimum absolute atomic E-state index is 0.117. The molecule has 0 bridgehead atoms. The third-order valence-electron chi connectivity index (χ3n) is 2.96. The van der Waals surface area contributed by atoms with Crippen LogP contribution < -0.4 is 5.32 Å². The standard InChI is InChI=1S/C13H16N4O2S/c1-3-14-8-7-12-15-16-13(20-12)10-5-4-6-11(9(10)2)17(18)19/h4-6,14H,3,7-8H2,1-2H3. The number of likely N-dealkylation sites (N-methyl/N-ethyl adjacent to an activating group) is 1. The van der Waals surface area contributed by atoms with E-state index in [1.165, 1.54) is 17.4 Å². The monoisotopic (exact) mass is 292 g/mol. The maximum Gasteiger partial charge on any atom is 0.273 e. The highest BCUT2D eigenvalue weighted by molar-refractivity contribution is 7.14. The van der Waals surface area contributed by atoms with Crippen LogP contribution in [0.25, 0.3) is 10.6 Å². The van der Waals surface area contributed by atoms with Crippen molar-refractivity contribution in [3.05, 3.63) is 38.9 Å². The van der Waals surface area contributed by atoms with Crippen LogP contribution >= 0.6 is 11.3 Å². The molecular formula is C13H16N4O2S. The number of nitro groups is 1. The lowest BCUT2D eigenvalue weighted by atomic mass is 10.1. The Morgan fingerprint density at radius 3 is 2.90 bits per heavy atom. The first-order valence-corrected chi connectivity index (χ1v) is 7.22. The highest BCUT2D eigenvalue weighted by atomic mass is 32.1. The molecule has 2 aromatic rings. The first-order chi connectivity index (χ1) is 9.63. The molecule has 0 aliphatic carbocycles. The van der Waals surface area contributed by atoms with E-state index in [-0.39, 0.29) is 10.6 Å². The summed E-state index contributed by atoms with van der Waals surface area (Å²) >= 11 is 1.49. The van der Waals surface area contributed by atoms with Gasteiger partial charge in [0.25, 0.3) is 5.69 Å². The number of hydrogen-bond donors (Lipinski definition) is 1. The van der Waals surface area contributed by atoms with E-state index in [9.17, 15) is 10.1 Å². The van der Waals surface area contributed by atoms with Crippen molar-refractivity contribution in [3.63, 3.8) is 0 Å². The van der Waals surface area contributed by atoms with Crippen molar-refractivity contribution in [2.75, 3.05) is 13.1 Å². The first kappa shape index (κ1) is 14.5. The van der Waals surface area contributed by atoms with Crippen molar-refractivity contribution in [2.24, 2.45) is 0 Å². The summed E-state index contributed by atoms with van der Waals surface area (Å²) < 4.78 is 0. The number of rotatable bonds is 6. The van der Waals surface area contributed by atoms with Crippen molar-refractivity contribution in [1.29, 1.82) is 0 Å². The normalized spacial score (nSPS) is 10.7. The largest absolute Gasteiger partial charge is 0.317 e. The number of aromatic nitrogens is 2. The molecule has 7 heteroatoms. The Bertz CT molecular complexity index is 612. The van der Waals surface area contributed by atoms with Gasteiger partial charge in [-0.05, 0) is 13.5 Å². The van der Waals surface area contributed by atoms with Crippen LogP contribution in [0.1, 0.15) is 17.5 Å². The van der Waals surface area contributed by atoms with Gasteiger partial charge in [0.2, 0.25) is 0 Å². The lowest BCUT2D eigenvalue weighted by Crippen LogP contribution is -2.15.